The van der Waals surface area contributed by atoms with E-state index in [1.807, 2.05) is 17.9 Å². The molecule has 2 saturated heterocycles. The van der Waals surface area contributed by atoms with Crippen LogP contribution in [0.1, 0.15) is 28.8 Å². The van der Waals surface area contributed by atoms with Crippen molar-refractivity contribution in [1.29, 1.82) is 0 Å². The molecule has 1 aromatic rings. The Bertz CT molecular complexity index is 569. The molecule has 0 radical (unpaired) electrons. The highest BCUT2D eigenvalue weighted by atomic mass is 16.2. The second-order valence-electron chi connectivity index (χ2n) is 5.94. The maximum atomic E-state index is 12.8. The predicted octanol–water partition coefficient (Wildman–Crippen LogP) is 0.426. The molecular weight excluding hydrogens is 280 g/mol. The van der Waals surface area contributed by atoms with Gasteiger partial charge in [0.2, 0.25) is 5.91 Å². The lowest BCUT2D eigenvalue weighted by Crippen LogP contribution is -2.60. The van der Waals surface area contributed by atoms with Crippen LogP contribution in [0.5, 0.6) is 0 Å². The normalized spacial score (nSPS) is 22.0. The Labute approximate surface area is 130 Å². The number of hydrogen-bond acceptors (Lipinski definition) is 4. The Morgan fingerprint density at radius 2 is 2.05 bits per heavy atom. The third-order valence-electron chi connectivity index (χ3n) is 4.48. The molecule has 2 amide bonds. The van der Waals surface area contributed by atoms with Crippen molar-refractivity contribution in [2.75, 3.05) is 32.7 Å². The zero-order valence-corrected chi connectivity index (χ0v) is 12.9. The van der Waals surface area contributed by atoms with Gasteiger partial charge in [-0.3, -0.25) is 14.6 Å². The molecule has 0 aliphatic carbocycles. The number of amides is 2. The van der Waals surface area contributed by atoms with Crippen molar-refractivity contribution in [3.63, 3.8) is 0 Å². The topological polar surface area (TPSA) is 65.5 Å². The van der Waals surface area contributed by atoms with Gasteiger partial charge < -0.3 is 15.1 Å². The van der Waals surface area contributed by atoms with E-state index in [1.165, 1.54) is 0 Å². The first-order valence-corrected chi connectivity index (χ1v) is 7.89. The number of aromatic nitrogens is 1. The van der Waals surface area contributed by atoms with Gasteiger partial charge in [0.1, 0.15) is 6.04 Å². The van der Waals surface area contributed by atoms with Crippen molar-refractivity contribution < 1.29 is 9.59 Å². The number of aryl methyl sites for hydroxylation is 1. The Morgan fingerprint density at radius 1 is 1.27 bits per heavy atom. The number of nitrogens with one attached hydrogen (secondary N) is 1. The molecule has 0 saturated carbocycles. The summed E-state index contributed by atoms with van der Waals surface area (Å²) < 4.78 is 0. The number of carbonyl (C=O) groups excluding carboxylic acids is 2. The van der Waals surface area contributed by atoms with E-state index in [2.05, 4.69) is 10.3 Å². The van der Waals surface area contributed by atoms with Crippen LogP contribution in [0, 0.1) is 6.92 Å². The number of nitrogens with zero attached hydrogens (tertiary/aromatic N) is 3. The van der Waals surface area contributed by atoms with Crippen LogP contribution < -0.4 is 5.32 Å². The van der Waals surface area contributed by atoms with Crippen LogP contribution in [-0.2, 0) is 4.79 Å². The number of rotatable bonds is 2. The van der Waals surface area contributed by atoms with E-state index in [0.717, 1.165) is 38.0 Å². The van der Waals surface area contributed by atoms with E-state index < -0.39 is 6.04 Å². The molecule has 3 heterocycles. The molecule has 118 valence electrons. The van der Waals surface area contributed by atoms with Crippen molar-refractivity contribution in [2.45, 2.75) is 25.8 Å². The standard InChI is InChI=1S/C16H22N4O2/c1-12-4-5-17-10-13(12)15(21)20-9-6-18-11-14(20)16(22)19-7-2-3-8-19/h4-5,10,14,18H,2-3,6-9,11H2,1H3. The maximum Gasteiger partial charge on any atom is 0.256 e. The molecule has 1 atom stereocenters. The average molecular weight is 302 g/mol. The fourth-order valence-corrected chi connectivity index (χ4v) is 3.16. The first-order valence-electron chi connectivity index (χ1n) is 7.89. The van der Waals surface area contributed by atoms with Crippen LogP contribution in [0.15, 0.2) is 18.5 Å². The molecule has 2 aliphatic heterocycles. The fraction of sp³-hybridized carbons (Fsp3) is 0.562. The third-order valence-corrected chi connectivity index (χ3v) is 4.48. The lowest BCUT2D eigenvalue weighted by molar-refractivity contribution is -0.135. The monoisotopic (exact) mass is 302 g/mol. The molecule has 22 heavy (non-hydrogen) atoms. The summed E-state index contributed by atoms with van der Waals surface area (Å²) in [6, 6.07) is 1.42. The van der Waals surface area contributed by atoms with Crippen LogP contribution in [0.4, 0.5) is 0 Å². The summed E-state index contributed by atoms with van der Waals surface area (Å²) >= 11 is 0. The molecule has 3 rings (SSSR count). The van der Waals surface area contributed by atoms with Crippen LogP contribution >= 0.6 is 0 Å². The number of pyridine rings is 1. The van der Waals surface area contributed by atoms with Crippen molar-refractivity contribution >= 4 is 11.8 Å². The van der Waals surface area contributed by atoms with Crippen LogP contribution in [-0.4, -0.2) is 65.4 Å². The summed E-state index contributed by atoms with van der Waals surface area (Å²) in [7, 11) is 0. The van der Waals surface area contributed by atoms with E-state index in [9.17, 15) is 9.59 Å². The lowest BCUT2D eigenvalue weighted by atomic mass is 10.1. The van der Waals surface area contributed by atoms with E-state index in [-0.39, 0.29) is 11.8 Å². The summed E-state index contributed by atoms with van der Waals surface area (Å²) in [5.74, 6) is -0.0239. The summed E-state index contributed by atoms with van der Waals surface area (Å²) in [6.45, 7) is 5.31. The van der Waals surface area contributed by atoms with Crippen molar-refractivity contribution in [1.82, 2.24) is 20.1 Å². The molecule has 2 aliphatic rings. The summed E-state index contributed by atoms with van der Waals surface area (Å²) in [5, 5.41) is 3.23. The minimum absolute atomic E-state index is 0.0691. The van der Waals surface area contributed by atoms with Crippen LogP contribution in [0.25, 0.3) is 0 Å². The summed E-state index contributed by atoms with van der Waals surface area (Å²) in [6.07, 6.45) is 5.39. The fourth-order valence-electron chi connectivity index (χ4n) is 3.16. The molecule has 6 nitrogen and oxygen atoms in total. The second-order valence-corrected chi connectivity index (χ2v) is 5.94. The van der Waals surface area contributed by atoms with Crippen molar-refractivity contribution in [3.05, 3.63) is 29.6 Å². The van der Waals surface area contributed by atoms with E-state index >= 15 is 0 Å². The molecule has 0 bridgehead atoms. The molecule has 1 aromatic heterocycles. The first-order chi connectivity index (χ1) is 10.7. The SMILES string of the molecule is Cc1ccncc1C(=O)N1CCNCC1C(=O)N1CCCC1. The molecule has 0 spiro atoms. The van der Waals surface area contributed by atoms with Gasteiger partial charge in [0.25, 0.3) is 5.91 Å². The Kier molecular flexibility index (Phi) is 4.38. The second kappa shape index (κ2) is 6.44. The van der Waals surface area contributed by atoms with Gasteiger partial charge in [-0.05, 0) is 31.4 Å². The largest absolute Gasteiger partial charge is 0.341 e. The van der Waals surface area contributed by atoms with Gasteiger partial charge in [-0.2, -0.15) is 0 Å². The molecular formula is C16H22N4O2. The van der Waals surface area contributed by atoms with E-state index in [1.54, 1.807) is 17.3 Å². The van der Waals surface area contributed by atoms with Crippen LogP contribution in [0.3, 0.4) is 0 Å². The Hall–Kier alpha value is -1.95. The van der Waals surface area contributed by atoms with E-state index in [0.29, 0.717) is 18.7 Å². The minimum atomic E-state index is -0.404. The highest BCUT2D eigenvalue weighted by Gasteiger charge is 2.36. The summed E-state index contributed by atoms with van der Waals surface area (Å²) in [5.41, 5.74) is 1.48. The molecule has 2 fully saturated rings. The zero-order valence-electron chi connectivity index (χ0n) is 12.9. The highest BCUT2D eigenvalue weighted by molar-refractivity contribution is 5.98. The number of carbonyl (C=O) groups is 2. The van der Waals surface area contributed by atoms with Crippen LogP contribution in [0.2, 0.25) is 0 Å². The quantitative estimate of drug-likeness (QED) is 0.860. The third kappa shape index (κ3) is 2.83. The summed E-state index contributed by atoms with van der Waals surface area (Å²) in [4.78, 5) is 33.2. The maximum absolute atomic E-state index is 12.8. The van der Waals surface area contributed by atoms with Gasteiger partial charge in [0, 0.05) is 45.1 Å². The minimum Gasteiger partial charge on any atom is -0.341 e. The molecule has 0 aromatic carbocycles. The van der Waals surface area contributed by atoms with Crippen molar-refractivity contribution in [3.8, 4) is 0 Å². The average Bonchev–Trinajstić information content (AvgIpc) is 3.08. The Morgan fingerprint density at radius 3 is 2.77 bits per heavy atom. The molecule has 1 N–H and O–H groups in total. The van der Waals surface area contributed by atoms with Gasteiger partial charge in [0.05, 0.1) is 5.56 Å². The lowest BCUT2D eigenvalue weighted by Gasteiger charge is -2.37. The molecule has 6 heteroatoms. The Balaban J connectivity index is 1.81. The van der Waals surface area contributed by atoms with Crippen molar-refractivity contribution in [2.24, 2.45) is 0 Å². The van der Waals surface area contributed by atoms with Gasteiger partial charge in [-0.15, -0.1) is 0 Å². The van der Waals surface area contributed by atoms with Gasteiger partial charge in [-0.25, -0.2) is 0 Å². The number of piperazine rings is 1. The predicted molar refractivity (Wildman–Crippen MR) is 82.5 cm³/mol. The van der Waals surface area contributed by atoms with Gasteiger partial charge in [0.15, 0.2) is 0 Å². The zero-order chi connectivity index (χ0) is 15.5. The first kappa shape index (κ1) is 15.0. The van der Waals surface area contributed by atoms with Gasteiger partial charge in [-0.1, -0.05) is 0 Å². The highest BCUT2D eigenvalue weighted by Crippen LogP contribution is 2.17. The molecule has 1 unspecified atom stereocenters. The number of hydrogen-bond donors (Lipinski definition) is 1. The number of likely N-dealkylation sites (tertiary alicyclic amines) is 1. The smallest absolute Gasteiger partial charge is 0.256 e. The van der Waals surface area contributed by atoms with E-state index in [4.69, 9.17) is 0 Å². The van der Waals surface area contributed by atoms with Gasteiger partial charge >= 0.3 is 0 Å².